The molecule has 2 aromatic rings. The molecule has 1 aliphatic carbocycles. The molecule has 0 heterocycles. The van der Waals surface area contributed by atoms with Crippen molar-refractivity contribution in [3.63, 3.8) is 0 Å². The van der Waals surface area contributed by atoms with Gasteiger partial charge in [-0.15, -0.1) is 0 Å². The van der Waals surface area contributed by atoms with E-state index in [1.165, 1.54) is 6.07 Å². The zero-order valence-electron chi connectivity index (χ0n) is 17.9. The third-order valence-corrected chi connectivity index (χ3v) is 6.50. The Kier molecular flexibility index (Phi) is 8.65. The second kappa shape index (κ2) is 11.3. The van der Waals surface area contributed by atoms with Gasteiger partial charge in [0.25, 0.3) is 5.91 Å². The average molecular weight is 501 g/mol. The number of hydrogen-bond donors (Lipinski definition) is 2. The molecule has 0 bridgehead atoms. The molecule has 33 heavy (non-hydrogen) atoms. The number of alkyl halides is 3. The van der Waals surface area contributed by atoms with Crippen LogP contribution in [0.25, 0.3) is 0 Å². The first kappa shape index (κ1) is 25.4. The molecule has 178 valence electrons. The van der Waals surface area contributed by atoms with Crippen LogP contribution in [0.15, 0.2) is 42.5 Å². The Balaban J connectivity index is 1.52. The molecule has 2 amide bonds. The summed E-state index contributed by atoms with van der Waals surface area (Å²) in [4.78, 5) is 24.7. The van der Waals surface area contributed by atoms with E-state index in [9.17, 15) is 22.8 Å². The van der Waals surface area contributed by atoms with E-state index in [0.29, 0.717) is 10.0 Å². The molecular formula is C24H25Cl2F3N2O2. The first-order valence-electron chi connectivity index (χ1n) is 10.8. The summed E-state index contributed by atoms with van der Waals surface area (Å²) in [5.41, 5.74) is -0.0523. The van der Waals surface area contributed by atoms with Crippen LogP contribution in [-0.4, -0.2) is 24.4 Å². The molecule has 1 saturated carbocycles. The molecule has 9 heteroatoms. The van der Waals surface area contributed by atoms with Crippen LogP contribution in [0.2, 0.25) is 10.0 Å². The SMILES string of the molecule is O=C(CNC(=O)c1cccc(C(F)(F)F)c1)N[C@H]1CCCC[C@@H]1CCc1ccc(Cl)cc1Cl. The second-order valence-electron chi connectivity index (χ2n) is 8.25. The number of carbonyl (C=O) groups excluding carboxylic acids is 2. The highest BCUT2D eigenvalue weighted by Gasteiger charge is 2.31. The van der Waals surface area contributed by atoms with E-state index in [1.54, 1.807) is 12.1 Å². The van der Waals surface area contributed by atoms with Gasteiger partial charge in [0.15, 0.2) is 0 Å². The van der Waals surface area contributed by atoms with Gasteiger partial charge in [0.2, 0.25) is 5.91 Å². The minimum atomic E-state index is -4.54. The quantitative estimate of drug-likeness (QED) is 0.486. The van der Waals surface area contributed by atoms with Crippen LogP contribution < -0.4 is 10.6 Å². The number of amides is 2. The Morgan fingerprint density at radius 2 is 1.79 bits per heavy atom. The molecule has 0 aromatic heterocycles. The maximum Gasteiger partial charge on any atom is 0.416 e. The Morgan fingerprint density at radius 1 is 1.03 bits per heavy atom. The fraction of sp³-hybridized carbons (Fsp3) is 0.417. The molecule has 2 atom stereocenters. The monoisotopic (exact) mass is 500 g/mol. The smallest absolute Gasteiger partial charge is 0.352 e. The van der Waals surface area contributed by atoms with Gasteiger partial charge >= 0.3 is 6.18 Å². The fourth-order valence-corrected chi connectivity index (χ4v) is 4.67. The van der Waals surface area contributed by atoms with Crippen LogP contribution >= 0.6 is 23.2 Å². The van der Waals surface area contributed by atoms with Gasteiger partial charge in [-0.2, -0.15) is 13.2 Å². The predicted octanol–water partition coefficient (Wildman–Crippen LogP) is 6.05. The summed E-state index contributed by atoms with van der Waals surface area (Å²) in [6.45, 7) is -0.304. The molecule has 3 rings (SSSR count). The van der Waals surface area contributed by atoms with Crippen LogP contribution in [0.5, 0.6) is 0 Å². The second-order valence-corrected chi connectivity index (χ2v) is 9.10. The molecule has 0 aliphatic heterocycles. The largest absolute Gasteiger partial charge is 0.416 e. The highest BCUT2D eigenvalue weighted by Crippen LogP contribution is 2.31. The fourth-order valence-electron chi connectivity index (χ4n) is 4.17. The highest BCUT2D eigenvalue weighted by molar-refractivity contribution is 6.35. The van der Waals surface area contributed by atoms with Crippen molar-refractivity contribution in [1.29, 1.82) is 0 Å². The number of nitrogens with one attached hydrogen (secondary N) is 2. The lowest BCUT2D eigenvalue weighted by molar-refractivity contribution is -0.137. The van der Waals surface area contributed by atoms with Crippen LogP contribution in [0.4, 0.5) is 13.2 Å². The Hall–Kier alpha value is -2.25. The van der Waals surface area contributed by atoms with Crippen molar-refractivity contribution in [2.24, 2.45) is 5.92 Å². The van der Waals surface area contributed by atoms with Gasteiger partial charge in [-0.3, -0.25) is 9.59 Å². The van der Waals surface area contributed by atoms with E-state index in [0.717, 1.165) is 62.3 Å². The number of carbonyl (C=O) groups is 2. The normalized spacial score (nSPS) is 18.6. The summed E-state index contributed by atoms with van der Waals surface area (Å²) < 4.78 is 38.5. The first-order valence-corrected chi connectivity index (χ1v) is 11.6. The van der Waals surface area contributed by atoms with E-state index < -0.39 is 17.6 Å². The van der Waals surface area contributed by atoms with Crippen LogP contribution in [0, 0.1) is 5.92 Å². The highest BCUT2D eigenvalue weighted by atomic mass is 35.5. The third kappa shape index (κ3) is 7.37. The maximum absolute atomic E-state index is 12.8. The Morgan fingerprint density at radius 3 is 2.52 bits per heavy atom. The van der Waals surface area contributed by atoms with Gasteiger partial charge in [0.1, 0.15) is 0 Å². The van der Waals surface area contributed by atoms with Crippen molar-refractivity contribution in [2.45, 2.75) is 50.7 Å². The molecule has 0 saturated heterocycles. The van der Waals surface area contributed by atoms with Crippen molar-refractivity contribution in [1.82, 2.24) is 10.6 Å². The summed E-state index contributed by atoms with van der Waals surface area (Å²) in [5, 5.41) is 6.59. The number of rotatable bonds is 7. The summed E-state index contributed by atoms with van der Waals surface area (Å²) in [6.07, 6.45) is 0.971. The first-order chi connectivity index (χ1) is 15.6. The summed E-state index contributed by atoms with van der Waals surface area (Å²) in [7, 11) is 0. The molecule has 0 spiro atoms. The molecule has 0 radical (unpaired) electrons. The lowest BCUT2D eigenvalue weighted by atomic mass is 9.81. The van der Waals surface area contributed by atoms with Crippen LogP contribution in [-0.2, 0) is 17.4 Å². The summed E-state index contributed by atoms with van der Waals surface area (Å²) >= 11 is 12.2. The zero-order chi connectivity index (χ0) is 24.0. The number of halogens is 5. The van der Waals surface area contributed by atoms with Gasteiger partial charge in [-0.1, -0.05) is 48.2 Å². The van der Waals surface area contributed by atoms with Gasteiger partial charge in [0.05, 0.1) is 12.1 Å². The van der Waals surface area contributed by atoms with Gasteiger partial charge < -0.3 is 10.6 Å². The summed E-state index contributed by atoms with van der Waals surface area (Å²) in [6, 6.07) is 9.50. The van der Waals surface area contributed by atoms with Gasteiger partial charge in [0, 0.05) is 21.7 Å². The van der Waals surface area contributed by atoms with Crippen molar-refractivity contribution >= 4 is 35.0 Å². The van der Waals surface area contributed by atoms with Crippen molar-refractivity contribution in [3.8, 4) is 0 Å². The van der Waals surface area contributed by atoms with E-state index in [4.69, 9.17) is 23.2 Å². The lowest BCUT2D eigenvalue weighted by Gasteiger charge is -2.32. The molecule has 1 aliphatic rings. The van der Waals surface area contributed by atoms with Gasteiger partial charge in [-0.25, -0.2) is 0 Å². The number of benzene rings is 2. The van der Waals surface area contributed by atoms with Crippen LogP contribution in [0.1, 0.15) is 53.6 Å². The van der Waals surface area contributed by atoms with Crippen molar-refractivity contribution < 1.29 is 22.8 Å². The molecule has 2 aromatic carbocycles. The predicted molar refractivity (Wildman–Crippen MR) is 122 cm³/mol. The van der Waals surface area contributed by atoms with Crippen molar-refractivity contribution in [2.75, 3.05) is 6.54 Å². The minimum Gasteiger partial charge on any atom is -0.352 e. The maximum atomic E-state index is 12.8. The molecule has 2 N–H and O–H groups in total. The minimum absolute atomic E-state index is 0.0252. The topological polar surface area (TPSA) is 58.2 Å². The molecule has 4 nitrogen and oxygen atoms in total. The zero-order valence-corrected chi connectivity index (χ0v) is 19.4. The van der Waals surface area contributed by atoms with Crippen molar-refractivity contribution in [3.05, 3.63) is 69.2 Å². The molecule has 1 fully saturated rings. The number of aryl methyl sites for hydroxylation is 1. The number of hydrogen-bond acceptors (Lipinski definition) is 2. The Labute approximate surface area is 200 Å². The lowest BCUT2D eigenvalue weighted by Crippen LogP contribution is -2.46. The average Bonchev–Trinajstić information content (AvgIpc) is 2.77. The standard InChI is InChI=1S/C24H25Cl2F3N2O2/c25-19-11-10-15(20(26)13-19)8-9-16-4-1-2-7-21(16)31-22(32)14-30-23(33)17-5-3-6-18(12-17)24(27,28)29/h3,5-6,10-13,16,21H,1-2,4,7-9,14H2,(H,30,33)(H,31,32)/t16-,21+/m1/s1. The third-order valence-electron chi connectivity index (χ3n) is 5.92. The summed E-state index contributed by atoms with van der Waals surface area (Å²) in [5.74, 6) is -0.820. The van der Waals surface area contributed by atoms with Crippen LogP contribution in [0.3, 0.4) is 0 Å². The Bertz CT molecular complexity index is 998. The molecule has 0 unspecified atom stereocenters. The van der Waals surface area contributed by atoms with E-state index in [-0.39, 0.29) is 30.0 Å². The van der Waals surface area contributed by atoms with E-state index >= 15 is 0 Å². The molecular weight excluding hydrogens is 476 g/mol. The van der Waals surface area contributed by atoms with E-state index in [2.05, 4.69) is 10.6 Å². The van der Waals surface area contributed by atoms with Gasteiger partial charge in [-0.05, 0) is 67.5 Å². The van der Waals surface area contributed by atoms with E-state index in [1.807, 2.05) is 6.07 Å².